The monoisotopic (exact) mass is 458 g/mol. The van der Waals surface area contributed by atoms with Crippen LogP contribution in [-0.2, 0) is 12.7 Å². The van der Waals surface area contributed by atoms with Crippen molar-refractivity contribution in [1.82, 2.24) is 20.3 Å². The number of carbonyl (C=O) groups excluding carboxylic acids is 1. The number of rotatable bonds is 7. The molecule has 1 saturated carbocycles. The Hall–Kier alpha value is -3.69. The molecular weight excluding hydrogens is 437 g/mol. The van der Waals surface area contributed by atoms with Crippen molar-refractivity contribution in [2.75, 3.05) is 0 Å². The maximum absolute atomic E-state index is 13.2. The van der Waals surface area contributed by atoms with E-state index >= 15 is 0 Å². The Kier molecular flexibility index (Phi) is 5.92. The number of aromatic nitrogens is 3. The summed E-state index contributed by atoms with van der Waals surface area (Å²) in [6.07, 6.45) is -2.63. The van der Waals surface area contributed by atoms with Crippen LogP contribution in [0.3, 0.4) is 0 Å². The summed E-state index contributed by atoms with van der Waals surface area (Å²) in [5.41, 5.74) is 1.54. The highest BCUT2D eigenvalue weighted by Crippen LogP contribution is 2.40. The predicted octanol–water partition coefficient (Wildman–Crippen LogP) is 4.41. The third-order valence-corrected chi connectivity index (χ3v) is 5.56. The van der Waals surface area contributed by atoms with Gasteiger partial charge in [-0.05, 0) is 55.2 Å². The number of carboxylic acids is 1. The highest BCUT2D eigenvalue weighted by atomic mass is 19.4. The van der Waals surface area contributed by atoms with Gasteiger partial charge < -0.3 is 10.4 Å². The minimum atomic E-state index is -4.42. The first kappa shape index (κ1) is 22.5. The Bertz CT molecular complexity index is 1170. The van der Waals surface area contributed by atoms with Gasteiger partial charge in [-0.25, -0.2) is 9.48 Å². The maximum atomic E-state index is 13.2. The van der Waals surface area contributed by atoms with Gasteiger partial charge in [0, 0.05) is 5.92 Å². The van der Waals surface area contributed by atoms with E-state index in [-0.39, 0.29) is 23.7 Å². The van der Waals surface area contributed by atoms with Crippen LogP contribution in [0.1, 0.15) is 75.0 Å². The van der Waals surface area contributed by atoms with Gasteiger partial charge in [0.05, 0.1) is 29.4 Å². The number of alkyl halides is 3. The molecule has 0 bridgehead atoms. The molecule has 2 N–H and O–H groups in total. The van der Waals surface area contributed by atoms with E-state index in [1.54, 1.807) is 19.1 Å². The molecule has 1 atom stereocenters. The van der Waals surface area contributed by atoms with E-state index in [0.29, 0.717) is 11.3 Å². The molecule has 1 heterocycles. The topological polar surface area (TPSA) is 97.1 Å². The lowest BCUT2D eigenvalue weighted by molar-refractivity contribution is -0.137. The number of carbonyl (C=O) groups is 2. The number of hydrogen-bond acceptors (Lipinski definition) is 4. The summed E-state index contributed by atoms with van der Waals surface area (Å²) in [7, 11) is 0. The van der Waals surface area contributed by atoms with Crippen molar-refractivity contribution in [3.8, 4) is 0 Å². The van der Waals surface area contributed by atoms with Crippen LogP contribution in [0.15, 0.2) is 48.5 Å². The molecule has 7 nitrogen and oxygen atoms in total. The lowest BCUT2D eigenvalue weighted by atomic mass is 10.1. The first-order valence-electron chi connectivity index (χ1n) is 10.4. The smallest absolute Gasteiger partial charge is 0.416 e. The van der Waals surface area contributed by atoms with E-state index < -0.39 is 29.7 Å². The molecule has 10 heteroatoms. The molecule has 0 spiro atoms. The van der Waals surface area contributed by atoms with Crippen molar-refractivity contribution in [2.24, 2.45) is 0 Å². The number of halogens is 3. The zero-order chi connectivity index (χ0) is 23.8. The number of carboxylic acid groups (broad SMARTS) is 1. The maximum Gasteiger partial charge on any atom is 0.416 e. The molecule has 0 radical (unpaired) electrons. The van der Waals surface area contributed by atoms with Crippen molar-refractivity contribution in [3.05, 3.63) is 82.2 Å². The van der Waals surface area contributed by atoms with Gasteiger partial charge >= 0.3 is 12.1 Å². The lowest BCUT2D eigenvalue weighted by Gasteiger charge is -2.16. The summed E-state index contributed by atoms with van der Waals surface area (Å²) in [6, 6.07) is 10.5. The van der Waals surface area contributed by atoms with Gasteiger partial charge in [0.2, 0.25) is 0 Å². The fourth-order valence-corrected chi connectivity index (χ4v) is 3.54. The minimum Gasteiger partial charge on any atom is -0.478 e. The van der Waals surface area contributed by atoms with Crippen molar-refractivity contribution in [3.63, 3.8) is 0 Å². The van der Waals surface area contributed by atoms with E-state index in [4.69, 9.17) is 5.11 Å². The standard InChI is InChI=1S/C23H21F3N4O3/c1-13(15-4-8-17(9-5-15)22(32)33)27-21(31)20-19(16-6-7-16)28-29-30(20)12-14-2-10-18(11-3-14)23(24,25)26/h2-5,8-11,13,16H,6-7,12H2,1H3,(H,27,31)(H,32,33). The molecule has 1 unspecified atom stereocenters. The zero-order valence-corrected chi connectivity index (χ0v) is 17.6. The Morgan fingerprint density at radius 2 is 1.76 bits per heavy atom. The van der Waals surface area contributed by atoms with Gasteiger partial charge in [0.1, 0.15) is 5.69 Å². The van der Waals surface area contributed by atoms with Crippen LogP contribution in [-0.4, -0.2) is 32.0 Å². The van der Waals surface area contributed by atoms with Crippen LogP contribution in [0.4, 0.5) is 13.2 Å². The highest BCUT2D eigenvalue weighted by Gasteiger charge is 2.34. The van der Waals surface area contributed by atoms with Crippen LogP contribution < -0.4 is 5.32 Å². The molecule has 172 valence electrons. The number of benzene rings is 2. The quantitative estimate of drug-likeness (QED) is 0.547. The summed E-state index contributed by atoms with van der Waals surface area (Å²) in [6.45, 7) is 1.87. The summed E-state index contributed by atoms with van der Waals surface area (Å²) in [5, 5.41) is 20.2. The third kappa shape index (κ3) is 5.05. The molecule has 1 fully saturated rings. The number of nitrogens with one attached hydrogen (secondary N) is 1. The summed E-state index contributed by atoms with van der Waals surface area (Å²) in [5.74, 6) is -1.30. The molecule has 0 aliphatic heterocycles. The highest BCUT2D eigenvalue weighted by molar-refractivity contribution is 5.94. The van der Waals surface area contributed by atoms with E-state index in [0.717, 1.165) is 30.5 Å². The van der Waals surface area contributed by atoms with Gasteiger partial charge in [-0.3, -0.25) is 4.79 Å². The molecule has 1 amide bonds. The second-order valence-electron chi connectivity index (χ2n) is 8.07. The van der Waals surface area contributed by atoms with Crippen LogP contribution in [0.5, 0.6) is 0 Å². The Balaban J connectivity index is 1.54. The van der Waals surface area contributed by atoms with Crippen LogP contribution in [0, 0.1) is 0 Å². The Morgan fingerprint density at radius 1 is 1.12 bits per heavy atom. The number of amides is 1. The summed E-state index contributed by atoms with van der Waals surface area (Å²) in [4.78, 5) is 24.2. The number of nitrogens with zero attached hydrogens (tertiary/aromatic N) is 3. The predicted molar refractivity (Wildman–Crippen MR) is 112 cm³/mol. The molecule has 3 aromatic rings. The van der Waals surface area contributed by atoms with Gasteiger partial charge in [-0.2, -0.15) is 13.2 Å². The molecule has 4 rings (SSSR count). The van der Waals surface area contributed by atoms with E-state index in [9.17, 15) is 22.8 Å². The van der Waals surface area contributed by atoms with Crippen molar-refractivity contribution in [2.45, 2.75) is 44.4 Å². The lowest BCUT2D eigenvalue weighted by Crippen LogP contribution is -2.30. The first-order valence-corrected chi connectivity index (χ1v) is 10.4. The Labute approximate surface area is 187 Å². The molecule has 1 aliphatic carbocycles. The van der Waals surface area contributed by atoms with Crippen LogP contribution in [0.2, 0.25) is 0 Å². The molecule has 1 aromatic heterocycles. The normalized spacial score (nSPS) is 14.7. The van der Waals surface area contributed by atoms with Crippen molar-refractivity contribution in [1.29, 1.82) is 0 Å². The fourth-order valence-electron chi connectivity index (χ4n) is 3.54. The van der Waals surface area contributed by atoms with E-state index in [2.05, 4.69) is 15.6 Å². The summed E-state index contributed by atoms with van der Waals surface area (Å²) < 4.78 is 39.9. The average molecular weight is 458 g/mol. The molecular formula is C23H21F3N4O3. The molecule has 1 aliphatic rings. The first-order chi connectivity index (χ1) is 15.6. The molecule has 33 heavy (non-hydrogen) atoms. The second-order valence-corrected chi connectivity index (χ2v) is 8.07. The summed E-state index contributed by atoms with van der Waals surface area (Å²) >= 11 is 0. The minimum absolute atomic E-state index is 0.0995. The van der Waals surface area contributed by atoms with Gasteiger partial charge in [0.25, 0.3) is 5.91 Å². The number of aromatic carboxylic acids is 1. The SMILES string of the molecule is CC(NC(=O)c1c(C2CC2)nnn1Cc1ccc(C(F)(F)F)cc1)c1ccc(C(=O)O)cc1. The van der Waals surface area contributed by atoms with Crippen molar-refractivity contribution >= 4 is 11.9 Å². The van der Waals surface area contributed by atoms with Crippen LogP contribution in [0.25, 0.3) is 0 Å². The van der Waals surface area contributed by atoms with Gasteiger partial charge in [-0.1, -0.05) is 29.5 Å². The Morgan fingerprint density at radius 3 is 2.30 bits per heavy atom. The molecule has 2 aromatic carbocycles. The van der Waals surface area contributed by atoms with Gasteiger partial charge in [-0.15, -0.1) is 5.10 Å². The van der Waals surface area contributed by atoms with Crippen molar-refractivity contribution < 1.29 is 27.9 Å². The van der Waals surface area contributed by atoms with Crippen LogP contribution >= 0.6 is 0 Å². The number of hydrogen-bond donors (Lipinski definition) is 2. The second kappa shape index (κ2) is 8.68. The average Bonchev–Trinajstić information content (AvgIpc) is 3.53. The molecule has 0 saturated heterocycles. The van der Waals surface area contributed by atoms with E-state index in [1.165, 1.54) is 28.9 Å². The third-order valence-electron chi connectivity index (χ3n) is 5.56. The van der Waals surface area contributed by atoms with Gasteiger partial charge in [0.15, 0.2) is 0 Å². The fraction of sp³-hybridized carbons (Fsp3) is 0.304. The largest absolute Gasteiger partial charge is 0.478 e. The van der Waals surface area contributed by atoms with E-state index in [1.807, 2.05) is 0 Å². The zero-order valence-electron chi connectivity index (χ0n) is 17.6.